The second-order valence-electron chi connectivity index (χ2n) is 8.60. The van der Waals surface area contributed by atoms with Gasteiger partial charge < -0.3 is 9.04 Å². The number of unbranched alkanes of at least 4 members (excludes halogenated alkanes) is 11. The highest BCUT2D eigenvalue weighted by molar-refractivity contribution is 9.12. The average molecular weight is 495 g/mol. The summed E-state index contributed by atoms with van der Waals surface area (Å²) in [6.45, 7) is 7.44. The molecule has 0 atom stereocenters. The highest BCUT2D eigenvalue weighted by atomic mass is 79.9. The molecule has 4 nitrogen and oxygen atoms in total. The molecule has 0 aromatic heterocycles. The largest absolute Gasteiger partial charge is 0.748 e. The van der Waals surface area contributed by atoms with Gasteiger partial charge in [0.1, 0.15) is 6.54 Å². The van der Waals surface area contributed by atoms with Crippen LogP contribution in [0.1, 0.15) is 103 Å². The molecule has 0 unspecified atom stereocenters. The van der Waals surface area contributed by atoms with Gasteiger partial charge in [0.2, 0.25) is 0 Å². The number of quaternary nitrogens is 1. The van der Waals surface area contributed by atoms with Crippen LogP contribution < -0.4 is 0 Å². The van der Waals surface area contributed by atoms with Crippen LogP contribution in [0.3, 0.4) is 0 Å². The Balaban J connectivity index is 0.00000139. The van der Waals surface area contributed by atoms with Gasteiger partial charge in [-0.25, -0.2) is 8.42 Å². The molecule has 0 aliphatic carbocycles. The minimum absolute atomic E-state index is 0.604. The first-order chi connectivity index (χ1) is 13.8. The minimum atomic E-state index is -3.92. The number of halogens is 1. The van der Waals surface area contributed by atoms with Gasteiger partial charge in [-0.15, -0.1) is 0 Å². The Morgan fingerprint density at radius 2 is 1.24 bits per heavy atom. The quantitative estimate of drug-likeness (QED) is 0.125. The van der Waals surface area contributed by atoms with Crippen molar-refractivity contribution in [1.29, 1.82) is 0 Å². The molecule has 6 heteroatoms. The summed E-state index contributed by atoms with van der Waals surface area (Å²) < 4.78 is 28.5. The van der Waals surface area contributed by atoms with Crippen molar-refractivity contribution < 1.29 is 17.5 Å². The molecule has 0 N–H and O–H groups in total. The maximum Gasteiger partial charge on any atom is 0.141 e. The van der Waals surface area contributed by atoms with E-state index in [2.05, 4.69) is 33.6 Å². The fraction of sp³-hybridized carbons (Fsp3) is 0.913. The Hall–Kier alpha value is -0.0900. The molecule has 1 aliphatic heterocycles. The number of hydrogen-bond donors (Lipinski definition) is 0. The Kier molecular flexibility index (Phi) is 18.6. The van der Waals surface area contributed by atoms with Crippen molar-refractivity contribution in [3.05, 3.63) is 0 Å². The van der Waals surface area contributed by atoms with E-state index in [1.807, 2.05) is 0 Å². The van der Waals surface area contributed by atoms with Gasteiger partial charge in [-0.05, 0) is 42.9 Å². The molecular formula is C23H44BrNO3S. The van der Waals surface area contributed by atoms with Crippen molar-refractivity contribution in [2.24, 2.45) is 0 Å². The van der Waals surface area contributed by atoms with Gasteiger partial charge in [-0.1, -0.05) is 71.1 Å². The smallest absolute Gasteiger partial charge is 0.141 e. The standard InChI is InChI=1S/C22H41BrN.CH4O3S/c1-2-3-4-5-6-7-8-9-10-11-12-14-19-24(22-17-18-23)20-15-13-16-21-24;1-5(2,3)4/h2-16,19-22H2,1H3;1H3,(H,2,3,4)/q+1;/p-1. The van der Waals surface area contributed by atoms with E-state index >= 15 is 0 Å². The van der Waals surface area contributed by atoms with Crippen LogP contribution in [0.2, 0.25) is 0 Å². The SMILES string of the molecule is CCCCCCCCCCCCCC[N+]1(CC#CBr)CCCCC1.CS(=O)(=O)[O-]. The summed E-state index contributed by atoms with van der Waals surface area (Å²) in [6, 6.07) is 0. The summed E-state index contributed by atoms with van der Waals surface area (Å²) in [5, 5.41) is 0. The molecular weight excluding hydrogens is 450 g/mol. The third kappa shape index (κ3) is 20.9. The van der Waals surface area contributed by atoms with Crippen molar-refractivity contribution in [3.63, 3.8) is 0 Å². The van der Waals surface area contributed by atoms with Gasteiger partial charge >= 0.3 is 0 Å². The molecule has 0 radical (unpaired) electrons. The molecule has 1 heterocycles. The molecule has 172 valence electrons. The van der Waals surface area contributed by atoms with Gasteiger partial charge in [0.05, 0.1) is 29.8 Å². The summed E-state index contributed by atoms with van der Waals surface area (Å²) >= 11 is 3.27. The highest BCUT2D eigenvalue weighted by Gasteiger charge is 2.28. The zero-order valence-corrected chi connectivity index (χ0v) is 21.3. The third-order valence-corrected chi connectivity index (χ3v) is 6.01. The topological polar surface area (TPSA) is 57.2 Å². The maximum atomic E-state index is 9.08. The normalized spacial score (nSPS) is 15.7. The number of nitrogens with zero attached hydrogens (tertiary/aromatic N) is 1. The molecule has 0 aromatic rings. The fourth-order valence-electron chi connectivity index (χ4n) is 4.13. The predicted octanol–water partition coefficient (Wildman–Crippen LogP) is 6.21. The average Bonchev–Trinajstić information content (AvgIpc) is 2.67. The Bertz CT molecular complexity index is 526. The summed E-state index contributed by atoms with van der Waals surface area (Å²) in [7, 11) is -3.92. The van der Waals surface area contributed by atoms with Gasteiger partial charge in [0, 0.05) is 22.2 Å². The molecule has 0 bridgehead atoms. The van der Waals surface area contributed by atoms with E-state index in [9.17, 15) is 0 Å². The van der Waals surface area contributed by atoms with E-state index in [1.54, 1.807) is 0 Å². The van der Waals surface area contributed by atoms with Crippen molar-refractivity contribution in [3.8, 4) is 10.8 Å². The molecule has 0 aromatic carbocycles. The zero-order chi connectivity index (χ0) is 21.8. The van der Waals surface area contributed by atoms with Crippen LogP contribution in [0.4, 0.5) is 0 Å². The molecule has 1 aliphatic rings. The van der Waals surface area contributed by atoms with E-state index in [1.165, 1.54) is 120 Å². The van der Waals surface area contributed by atoms with E-state index in [0.29, 0.717) is 6.26 Å². The van der Waals surface area contributed by atoms with E-state index in [0.717, 1.165) is 6.54 Å². The molecule has 0 spiro atoms. The maximum absolute atomic E-state index is 9.08. The Labute approximate surface area is 189 Å². The first kappa shape index (κ1) is 28.9. The lowest BCUT2D eigenvalue weighted by atomic mass is 10.0. The van der Waals surface area contributed by atoms with Crippen molar-refractivity contribution >= 4 is 26.0 Å². The number of piperidine rings is 1. The van der Waals surface area contributed by atoms with Crippen LogP contribution in [0.25, 0.3) is 0 Å². The molecule has 0 saturated carbocycles. The number of hydrogen-bond acceptors (Lipinski definition) is 3. The lowest BCUT2D eigenvalue weighted by Crippen LogP contribution is -2.52. The highest BCUT2D eigenvalue weighted by Crippen LogP contribution is 2.20. The minimum Gasteiger partial charge on any atom is -0.748 e. The zero-order valence-electron chi connectivity index (χ0n) is 18.9. The Morgan fingerprint density at radius 1 is 0.828 bits per heavy atom. The van der Waals surface area contributed by atoms with E-state index < -0.39 is 10.1 Å². The fourth-order valence-corrected chi connectivity index (χ4v) is 4.25. The Morgan fingerprint density at radius 3 is 1.66 bits per heavy atom. The monoisotopic (exact) mass is 493 g/mol. The van der Waals surface area contributed by atoms with Crippen molar-refractivity contribution in [2.45, 2.75) is 103 Å². The third-order valence-electron chi connectivity index (χ3n) is 5.73. The number of rotatable bonds is 14. The van der Waals surface area contributed by atoms with Crippen LogP contribution in [0.15, 0.2) is 0 Å². The van der Waals surface area contributed by atoms with Crippen molar-refractivity contribution in [1.82, 2.24) is 0 Å². The molecule has 1 rings (SSSR count). The summed E-state index contributed by atoms with van der Waals surface area (Å²) in [4.78, 5) is 2.93. The van der Waals surface area contributed by atoms with Gasteiger partial charge in [0.25, 0.3) is 0 Å². The number of likely N-dealkylation sites (tertiary alicyclic amines) is 1. The second kappa shape index (κ2) is 18.7. The molecule has 1 fully saturated rings. The van der Waals surface area contributed by atoms with Crippen LogP contribution in [0.5, 0.6) is 0 Å². The van der Waals surface area contributed by atoms with Crippen molar-refractivity contribution in [2.75, 3.05) is 32.4 Å². The molecule has 0 amide bonds. The summed E-state index contributed by atoms with van der Waals surface area (Å²) in [6.07, 6.45) is 22.2. The van der Waals surface area contributed by atoms with Crippen LogP contribution in [-0.2, 0) is 10.1 Å². The molecule has 1 saturated heterocycles. The van der Waals surface area contributed by atoms with Gasteiger partial charge in [-0.3, -0.25) is 0 Å². The summed E-state index contributed by atoms with van der Waals surface area (Å²) in [5.41, 5.74) is 0. The van der Waals surface area contributed by atoms with E-state index in [-0.39, 0.29) is 0 Å². The van der Waals surface area contributed by atoms with Gasteiger partial charge in [0.15, 0.2) is 0 Å². The van der Waals surface area contributed by atoms with Crippen LogP contribution in [0, 0.1) is 10.8 Å². The summed E-state index contributed by atoms with van der Waals surface area (Å²) in [5.74, 6) is 3.29. The lowest BCUT2D eigenvalue weighted by Gasteiger charge is -2.40. The first-order valence-electron chi connectivity index (χ1n) is 11.7. The molecule has 29 heavy (non-hydrogen) atoms. The second-order valence-corrected chi connectivity index (χ2v) is 10.4. The first-order valence-corrected chi connectivity index (χ1v) is 14.3. The predicted molar refractivity (Wildman–Crippen MR) is 127 cm³/mol. The van der Waals surface area contributed by atoms with Gasteiger partial charge in [-0.2, -0.15) is 0 Å². The van der Waals surface area contributed by atoms with Crippen LogP contribution >= 0.6 is 15.9 Å². The van der Waals surface area contributed by atoms with Crippen LogP contribution in [-0.4, -0.2) is 49.9 Å². The lowest BCUT2D eigenvalue weighted by molar-refractivity contribution is -0.926. The van der Waals surface area contributed by atoms with E-state index in [4.69, 9.17) is 13.0 Å².